The number of nitrogens with zero attached hydrogens (tertiary/aromatic N) is 4. The quantitative estimate of drug-likeness (QED) is 0.736. The molecule has 1 N–H and O–H groups in total. The molecular formula is C22H35N5O2. The maximum Gasteiger partial charge on any atom is 0.319 e. The van der Waals surface area contributed by atoms with Gasteiger partial charge in [-0.15, -0.1) is 0 Å². The van der Waals surface area contributed by atoms with E-state index in [0.29, 0.717) is 24.3 Å². The van der Waals surface area contributed by atoms with Crippen LogP contribution in [0.3, 0.4) is 0 Å². The van der Waals surface area contributed by atoms with Crippen LogP contribution in [0.15, 0.2) is 0 Å². The zero-order valence-corrected chi connectivity index (χ0v) is 17.9. The Bertz CT molecular complexity index is 667. The predicted molar refractivity (Wildman–Crippen MR) is 111 cm³/mol. The second kappa shape index (κ2) is 8.14. The van der Waals surface area contributed by atoms with Crippen LogP contribution in [0.5, 0.6) is 0 Å². The number of fused-ring (bicyclic) bond motifs is 1. The number of hydrogen-bond acceptors (Lipinski definition) is 3. The number of urea groups is 1. The predicted octanol–water partition coefficient (Wildman–Crippen LogP) is 2.40. The van der Waals surface area contributed by atoms with Gasteiger partial charge in [-0.1, -0.05) is 12.8 Å². The fraction of sp³-hybridized carbons (Fsp3) is 0.864. The summed E-state index contributed by atoms with van der Waals surface area (Å²) in [5, 5.41) is 3.75. The molecule has 0 aromatic rings. The van der Waals surface area contributed by atoms with Crippen LogP contribution in [0.1, 0.15) is 51.4 Å². The van der Waals surface area contributed by atoms with E-state index >= 15 is 0 Å². The molecule has 29 heavy (non-hydrogen) atoms. The van der Waals surface area contributed by atoms with Gasteiger partial charge in [-0.05, 0) is 49.9 Å². The molecule has 4 rings (SSSR count). The summed E-state index contributed by atoms with van der Waals surface area (Å²) in [5.74, 6) is 1.78. The zero-order chi connectivity index (χ0) is 20.6. The molecular weight excluding hydrogens is 366 g/mol. The smallest absolute Gasteiger partial charge is 0.319 e. The molecule has 0 radical (unpaired) electrons. The van der Waals surface area contributed by atoms with Crippen LogP contribution in [0.2, 0.25) is 0 Å². The van der Waals surface area contributed by atoms with Crippen LogP contribution in [0, 0.1) is 24.3 Å². The third kappa shape index (κ3) is 3.84. The normalized spacial score (nSPS) is 34.4. The van der Waals surface area contributed by atoms with Gasteiger partial charge in [0.2, 0.25) is 5.91 Å². The third-order valence-corrected chi connectivity index (χ3v) is 7.90. The van der Waals surface area contributed by atoms with Crippen molar-refractivity contribution >= 4 is 11.9 Å². The van der Waals surface area contributed by atoms with Gasteiger partial charge in [0.25, 0.3) is 0 Å². The number of rotatable bonds is 4. The molecule has 160 valence electrons. The van der Waals surface area contributed by atoms with Crippen molar-refractivity contribution in [3.05, 3.63) is 11.4 Å². The van der Waals surface area contributed by atoms with Gasteiger partial charge in [0.05, 0.1) is 6.54 Å². The fourth-order valence-electron chi connectivity index (χ4n) is 6.49. The summed E-state index contributed by atoms with van der Waals surface area (Å²) in [6.45, 7) is 10.1. The van der Waals surface area contributed by atoms with Crippen LogP contribution in [-0.2, 0) is 4.79 Å². The molecule has 2 aliphatic heterocycles. The summed E-state index contributed by atoms with van der Waals surface area (Å²) in [7, 11) is 3.64. The third-order valence-electron chi connectivity index (χ3n) is 7.90. The van der Waals surface area contributed by atoms with E-state index in [9.17, 15) is 9.59 Å². The SMILES string of the molecule is [C-]#[N+][C@@H]1CCCN1C(=O)CNC1(C2CCCC2)C[C@H]2CN(C(=O)N(C)C)C[C@H]2C1. The van der Waals surface area contributed by atoms with Crippen molar-refractivity contribution in [3.63, 3.8) is 0 Å². The second-order valence-electron chi connectivity index (χ2n) is 9.84. The zero-order valence-electron chi connectivity index (χ0n) is 17.9. The summed E-state index contributed by atoms with van der Waals surface area (Å²) in [6, 6.07) is 0.119. The fourth-order valence-corrected chi connectivity index (χ4v) is 6.49. The second-order valence-corrected chi connectivity index (χ2v) is 9.84. The molecule has 0 aromatic carbocycles. The van der Waals surface area contributed by atoms with E-state index in [4.69, 9.17) is 6.57 Å². The number of nitrogens with one attached hydrogen (secondary N) is 1. The minimum atomic E-state index is -0.264. The molecule has 2 saturated carbocycles. The lowest BCUT2D eigenvalue weighted by Gasteiger charge is -2.39. The highest BCUT2D eigenvalue weighted by Gasteiger charge is 2.53. The minimum Gasteiger partial charge on any atom is -0.331 e. The van der Waals surface area contributed by atoms with Crippen molar-refractivity contribution in [1.82, 2.24) is 20.0 Å². The number of carbonyl (C=O) groups excluding carboxylic acids is 2. The van der Waals surface area contributed by atoms with E-state index < -0.39 is 0 Å². The first-order chi connectivity index (χ1) is 13.9. The Hall–Kier alpha value is -1.81. The largest absolute Gasteiger partial charge is 0.331 e. The highest BCUT2D eigenvalue weighted by atomic mass is 16.2. The molecule has 0 spiro atoms. The lowest BCUT2D eigenvalue weighted by Crippen LogP contribution is -2.54. The number of likely N-dealkylation sites (tertiary alicyclic amines) is 2. The molecule has 4 fully saturated rings. The number of amides is 3. The van der Waals surface area contributed by atoms with Gasteiger partial charge in [0, 0.05) is 45.7 Å². The molecule has 2 aliphatic carbocycles. The average molecular weight is 402 g/mol. The summed E-state index contributed by atoms with van der Waals surface area (Å²) in [4.78, 5) is 34.3. The van der Waals surface area contributed by atoms with E-state index in [1.165, 1.54) is 25.7 Å². The van der Waals surface area contributed by atoms with Crippen molar-refractivity contribution in [1.29, 1.82) is 0 Å². The Morgan fingerprint density at radius 3 is 2.34 bits per heavy atom. The van der Waals surface area contributed by atoms with Crippen LogP contribution < -0.4 is 5.32 Å². The monoisotopic (exact) mass is 401 g/mol. The van der Waals surface area contributed by atoms with Gasteiger partial charge in [0.1, 0.15) is 0 Å². The van der Waals surface area contributed by atoms with Gasteiger partial charge in [-0.2, -0.15) is 0 Å². The van der Waals surface area contributed by atoms with Gasteiger partial charge >= 0.3 is 12.2 Å². The van der Waals surface area contributed by atoms with E-state index in [2.05, 4.69) is 10.2 Å². The molecule has 0 aromatic heterocycles. The lowest BCUT2D eigenvalue weighted by molar-refractivity contribution is -0.130. The molecule has 0 bridgehead atoms. The first kappa shape index (κ1) is 20.5. The van der Waals surface area contributed by atoms with Crippen molar-refractivity contribution < 1.29 is 9.59 Å². The van der Waals surface area contributed by atoms with Crippen LogP contribution in [0.25, 0.3) is 4.85 Å². The summed E-state index contributed by atoms with van der Waals surface area (Å²) < 4.78 is 0. The van der Waals surface area contributed by atoms with Crippen LogP contribution in [0.4, 0.5) is 4.79 Å². The number of carbonyl (C=O) groups is 2. The van der Waals surface area contributed by atoms with E-state index in [0.717, 1.165) is 45.3 Å². The summed E-state index contributed by atoms with van der Waals surface area (Å²) in [6.07, 6.45) is 8.68. The van der Waals surface area contributed by atoms with Crippen molar-refractivity contribution in [3.8, 4) is 0 Å². The van der Waals surface area contributed by atoms with Crippen LogP contribution in [-0.4, -0.2) is 78.6 Å². The Balaban J connectivity index is 1.42. The first-order valence-corrected chi connectivity index (χ1v) is 11.3. The topological polar surface area (TPSA) is 60.3 Å². The molecule has 2 saturated heterocycles. The van der Waals surface area contributed by atoms with E-state index in [-0.39, 0.29) is 23.6 Å². The number of hydrogen-bond donors (Lipinski definition) is 1. The first-order valence-electron chi connectivity index (χ1n) is 11.3. The standard InChI is InChI=1S/C22H35N5O2/c1-23-19-9-6-10-27(19)20(28)13-24-22(18-7-4-5-8-18)11-16-14-26(15-17(16)12-22)21(29)25(2)3/h16-19,24H,4-15H2,2-3H3/t16-,17+,19-,22?/m0/s1. The van der Waals surface area contributed by atoms with Gasteiger partial charge < -0.3 is 15.1 Å². The van der Waals surface area contributed by atoms with Gasteiger partial charge in [-0.3, -0.25) is 14.5 Å². The van der Waals surface area contributed by atoms with Gasteiger partial charge in [0.15, 0.2) is 0 Å². The van der Waals surface area contributed by atoms with Crippen molar-refractivity contribution in [2.75, 3.05) is 40.3 Å². The van der Waals surface area contributed by atoms with Crippen LogP contribution >= 0.6 is 0 Å². The molecule has 1 unspecified atom stereocenters. The Morgan fingerprint density at radius 1 is 1.10 bits per heavy atom. The molecule has 7 heteroatoms. The lowest BCUT2D eigenvalue weighted by atomic mass is 9.79. The Kier molecular flexibility index (Phi) is 5.74. The Morgan fingerprint density at radius 2 is 1.76 bits per heavy atom. The van der Waals surface area contributed by atoms with Crippen molar-refractivity contribution in [2.24, 2.45) is 17.8 Å². The molecule has 7 nitrogen and oxygen atoms in total. The average Bonchev–Trinajstić information content (AvgIpc) is 3.48. The molecule has 4 atom stereocenters. The van der Waals surface area contributed by atoms with Crippen molar-refractivity contribution in [2.45, 2.75) is 63.1 Å². The van der Waals surface area contributed by atoms with E-state index in [1.807, 2.05) is 19.0 Å². The highest BCUT2D eigenvalue weighted by Crippen LogP contribution is 2.51. The summed E-state index contributed by atoms with van der Waals surface area (Å²) in [5.41, 5.74) is 0.0298. The molecule has 3 amide bonds. The maximum atomic E-state index is 12.9. The van der Waals surface area contributed by atoms with Gasteiger partial charge in [-0.25, -0.2) is 11.4 Å². The maximum absolute atomic E-state index is 12.9. The highest BCUT2D eigenvalue weighted by molar-refractivity contribution is 5.79. The molecule has 2 heterocycles. The summed E-state index contributed by atoms with van der Waals surface area (Å²) >= 11 is 0. The van der Waals surface area contributed by atoms with E-state index in [1.54, 1.807) is 9.80 Å². The molecule has 4 aliphatic rings. The minimum absolute atomic E-state index is 0.0298. The Labute approximate surface area is 174 Å².